The van der Waals surface area contributed by atoms with E-state index >= 15 is 0 Å². The highest BCUT2D eigenvalue weighted by molar-refractivity contribution is 7.98. The molecule has 3 nitrogen and oxygen atoms in total. The van der Waals surface area contributed by atoms with Crippen LogP contribution < -0.4 is 4.74 Å². The number of ether oxygens (including phenoxy) is 2. The molecule has 1 aromatic carbocycles. The fourth-order valence-electron chi connectivity index (χ4n) is 1.41. The van der Waals surface area contributed by atoms with Gasteiger partial charge in [-0.2, -0.15) is 0 Å². The van der Waals surface area contributed by atoms with Crippen molar-refractivity contribution in [2.45, 2.75) is 18.7 Å². The topological polar surface area (TPSA) is 35.5 Å². The van der Waals surface area contributed by atoms with Gasteiger partial charge >= 0.3 is 5.97 Å². The molecule has 94 valence electrons. The second-order valence-corrected chi connectivity index (χ2v) is 3.92. The first kappa shape index (κ1) is 13.8. The number of benzene rings is 1. The monoisotopic (exact) mass is 258 g/mol. The minimum Gasteiger partial charge on any atom is -0.493 e. The molecule has 0 fully saturated rings. The summed E-state index contributed by atoms with van der Waals surface area (Å²) < 4.78 is 23.8. The molecule has 0 saturated heterocycles. The molecule has 0 aliphatic carbocycles. The van der Waals surface area contributed by atoms with Crippen molar-refractivity contribution in [1.29, 1.82) is 0 Å². The van der Waals surface area contributed by atoms with Crippen LogP contribution in [0.25, 0.3) is 0 Å². The highest BCUT2D eigenvalue weighted by Gasteiger charge is 2.21. The standard InChI is InChI=1S/C12H15FO3S/c1-4-15-9-7-6-8(13)11(17-3)10(9)12(14)16-5-2/h6-7H,4-5H2,1-3H3. The van der Waals surface area contributed by atoms with Gasteiger partial charge in [-0.05, 0) is 32.2 Å². The Bertz CT molecular complexity index is 407. The maximum atomic E-state index is 13.6. The largest absolute Gasteiger partial charge is 0.493 e. The first-order chi connectivity index (χ1) is 8.15. The summed E-state index contributed by atoms with van der Waals surface area (Å²) in [7, 11) is 0. The summed E-state index contributed by atoms with van der Waals surface area (Å²) in [5.41, 5.74) is 0.168. The first-order valence-corrected chi connectivity index (χ1v) is 6.54. The number of carbonyl (C=O) groups excluding carboxylic acids is 1. The van der Waals surface area contributed by atoms with Crippen molar-refractivity contribution in [3.05, 3.63) is 23.5 Å². The Kier molecular flexibility index (Phi) is 5.28. The SMILES string of the molecule is CCOC(=O)c1c(OCC)ccc(F)c1SC. The molecule has 0 spiro atoms. The van der Waals surface area contributed by atoms with E-state index in [0.29, 0.717) is 12.4 Å². The van der Waals surface area contributed by atoms with Gasteiger partial charge in [-0.15, -0.1) is 11.8 Å². The van der Waals surface area contributed by atoms with E-state index < -0.39 is 11.8 Å². The maximum Gasteiger partial charge on any atom is 0.343 e. The van der Waals surface area contributed by atoms with Crippen LogP contribution in [-0.4, -0.2) is 25.4 Å². The van der Waals surface area contributed by atoms with E-state index in [1.54, 1.807) is 20.1 Å². The molecule has 0 radical (unpaired) electrons. The van der Waals surface area contributed by atoms with Crippen LogP contribution in [0, 0.1) is 5.82 Å². The van der Waals surface area contributed by atoms with Crippen LogP contribution in [0.5, 0.6) is 5.75 Å². The summed E-state index contributed by atoms with van der Waals surface area (Å²) in [4.78, 5) is 12.0. The van der Waals surface area contributed by atoms with Crippen LogP contribution in [0.3, 0.4) is 0 Å². The van der Waals surface area contributed by atoms with E-state index in [0.717, 1.165) is 11.8 Å². The van der Waals surface area contributed by atoms with Gasteiger partial charge in [0.1, 0.15) is 17.1 Å². The Balaban J connectivity index is 3.27. The molecule has 0 heterocycles. The first-order valence-electron chi connectivity index (χ1n) is 5.32. The van der Waals surface area contributed by atoms with Gasteiger partial charge < -0.3 is 9.47 Å². The number of esters is 1. The Morgan fingerprint density at radius 1 is 1.35 bits per heavy atom. The van der Waals surface area contributed by atoms with E-state index in [1.807, 2.05) is 0 Å². The smallest absolute Gasteiger partial charge is 0.343 e. The lowest BCUT2D eigenvalue weighted by Gasteiger charge is -2.13. The summed E-state index contributed by atoms with van der Waals surface area (Å²) in [6, 6.07) is 2.74. The molecule has 0 atom stereocenters. The quantitative estimate of drug-likeness (QED) is 0.600. The number of carbonyl (C=O) groups is 1. The van der Waals surface area contributed by atoms with Crippen molar-refractivity contribution < 1.29 is 18.7 Å². The zero-order valence-corrected chi connectivity index (χ0v) is 10.9. The Morgan fingerprint density at radius 3 is 2.59 bits per heavy atom. The van der Waals surface area contributed by atoms with E-state index in [-0.39, 0.29) is 17.1 Å². The highest BCUT2D eigenvalue weighted by Crippen LogP contribution is 2.32. The molecule has 0 saturated carbocycles. The second-order valence-electron chi connectivity index (χ2n) is 3.11. The highest BCUT2D eigenvalue weighted by atomic mass is 32.2. The fraction of sp³-hybridized carbons (Fsp3) is 0.417. The lowest BCUT2D eigenvalue weighted by molar-refractivity contribution is 0.0516. The molecule has 0 bridgehead atoms. The molecule has 0 aliphatic heterocycles. The molecule has 5 heteroatoms. The molecule has 1 aromatic rings. The van der Waals surface area contributed by atoms with E-state index in [4.69, 9.17) is 9.47 Å². The number of rotatable bonds is 5. The third kappa shape index (κ3) is 3.12. The molecule has 0 aliphatic rings. The van der Waals surface area contributed by atoms with Gasteiger partial charge in [0.05, 0.1) is 18.1 Å². The normalized spacial score (nSPS) is 10.1. The summed E-state index contributed by atoms with van der Waals surface area (Å²) in [5, 5.41) is 0. The predicted molar refractivity (Wildman–Crippen MR) is 65.3 cm³/mol. The summed E-state index contributed by atoms with van der Waals surface area (Å²) in [5.74, 6) is -0.638. The Hall–Kier alpha value is -1.23. The van der Waals surface area contributed by atoms with Gasteiger partial charge in [0.25, 0.3) is 0 Å². The van der Waals surface area contributed by atoms with E-state index in [1.165, 1.54) is 12.1 Å². The van der Waals surface area contributed by atoms with Gasteiger partial charge in [0, 0.05) is 0 Å². The van der Waals surface area contributed by atoms with Crippen LogP contribution in [-0.2, 0) is 4.74 Å². The van der Waals surface area contributed by atoms with Crippen molar-refractivity contribution in [1.82, 2.24) is 0 Å². The van der Waals surface area contributed by atoms with Crippen LogP contribution in [0.2, 0.25) is 0 Å². The van der Waals surface area contributed by atoms with E-state index in [9.17, 15) is 9.18 Å². The third-order valence-corrected chi connectivity index (χ3v) is 2.86. The maximum absolute atomic E-state index is 13.6. The van der Waals surface area contributed by atoms with E-state index in [2.05, 4.69) is 0 Å². The van der Waals surface area contributed by atoms with Gasteiger partial charge in [0.2, 0.25) is 0 Å². The number of halogens is 1. The van der Waals surface area contributed by atoms with Crippen LogP contribution in [0.4, 0.5) is 4.39 Å². The predicted octanol–water partition coefficient (Wildman–Crippen LogP) is 3.12. The molecule has 1 rings (SSSR count). The number of hydrogen-bond acceptors (Lipinski definition) is 4. The van der Waals surface area contributed by atoms with Crippen molar-refractivity contribution in [3.63, 3.8) is 0 Å². The van der Waals surface area contributed by atoms with Crippen LogP contribution in [0.15, 0.2) is 17.0 Å². The van der Waals surface area contributed by atoms with Crippen molar-refractivity contribution in [2.75, 3.05) is 19.5 Å². The second kappa shape index (κ2) is 6.49. The van der Waals surface area contributed by atoms with Crippen LogP contribution in [0.1, 0.15) is 24.2 Å². The zero-order chi connectivity index (χ0) is 12.8. The van der Waals surface area contributed by atoms with Gasteiger partial charge in [-0.3, -0.25) is 0 Å². The molecule has 0 amide bonds. The third-order valence-electron chi connectivity index (χ3n) is 2.05. The lowest BCUT2D eigenvalue weighted by Crippen LogP contribution is -2.10. The van der Waals surface area contributed by atoms with Gasteiger partial charge in [0.15, 0.2) is 0 Å². The molecule has 0 unspecified atom stereocenters. The van der Waals surface area contributed by atoms with Gasteiger partial charge in [-0.1, -0.05) is 0 Å². The lowest BCUT2D eigenvalue weighted by atomic mass is 10.2. The molecule has 0 N–H and O–H groups in total. The fourth-order valence-corrected chi connectivity index (χ4v) is 2.06. The number of hydrogen-bond donors (Lipinski definition) is 0. The van der Waals surface area contributed by atoms with Crippen molar-refractivity contribution in [3.8, 4) is 5.75 Å². The Labute approximate surface area is 104 Å². The average Bonchev–Trinajstić information content (AvgIpc) is 2.31. The average molecular weight is 258 g/mol. The molecule has 0 aromatic heterocycles. The van der Waals surface area contributed by atoms with Crippen LogP contribution >= 0.6 is 11.8 Å². The Morgan fingerprint density at radius 2 is 2.06 bits per heavy atom. The zero-order valence-electron chi connectivity index (χ0n) is 10.1. The molecular weight excluding hydrogens is 243 g/mol. The van der Waals surface area contributed by atoms with Gasteiger partial charge in [-0.25, -0.2) is 9.18 Å². The summed E-state index contributed by atoms with van der Waals surface area (Å²) in [6.07, 6.45) is 1.71. The number of thioether (sulfide) groups is 1. The van der Waals surface area contributed by atoms with Crippen molar-refractivity contribution in [2.24, 2.45) is 0 Å². The minimum absolute atomic E-state index is 0.168. The molecular formula is C12H15FO3S. The molecule has 17 heavy (non-hydrogen) atoms. The summed E-state index contributed by atoms with van der Waals surface area (Å²) in [6.45, 7) is 4.16. The minimum atomic E-state index is -0.556. The summed E-state index contributed by atoms with van der Waals surface area (Å²) >= 11 is 1.16. The van der Waals surface area contributed by atoms with Crippen molar-refractivity contribution >= 4 is 17.7 Å².